The van der Waals surface area contributed by atoms with Crippen molar-refractivity contribution in [2.45, 2.75) is 31.3 Å². The van der Waals surface area contributed by atoms with E-state index in [1.807, 2.05) is 0 Å². The van der Waals surface area contributed by atoms with E-state index in [4.69, 9.17) is 10.3 Å². The second-order valence-electron chi connectivity index (χ2n) is 4.49. The van der Waals surface area contributed by atoms with Crippen LogP contribution in [-0.2, 0) is 31.6 Å². The Morgan fingerprint density at radius 3 is 2.29 bits per heavy atom. The molecule has 18 heteroatoms. The lowest BCUT2D eigenvalue weighted by Crippen LogP contribution is -2.42. The van der Waals surface area contributed by atoms with Gasteiger partial charge in [0, 0.05) is 11.3 Å². The van der Waals surface area contributed by atoms with Crippen LogP contribution in [0.2, 0.25) is 0 Å². The summed E-state index contributed by atoms with van der Waals surface area (Å²) in [4.78, 5) is 45.1. The van der Waals surface area contributed by atoms with Gasteiger partial charge in [0.2, 0.25) is 0 Å². The Balaban J connectivity index is 2.83. The summed E-state index contributed by atoms with van der Waals surface area (Å²) in [6, 6.07) is 0. The van der Waals surface area contributed by atoms with Gasteiger partial charge >= 0.3 is 0 Å². The summed E-state index contributed by atoms with van der Waals surface area (Å²) in [7, 11) is -18.0. The van der Waals surface area contributed by atoms with E-state index in [9.17, 15) is 38.4 Å². The van der Waals surface area contributed by atoms with Crippen molar-refractivity contribution < 1.29 is 56.3 Å². The number of rotatable bonds is 8. The predicted octanol–water partition coefficient (Wildman–Crippen LogP) is -2.02. The van der Waals surface area contributed by atoms with E-state index < -0.39 is 48.0 Å². The van der Waals surface area contributed by atoms with E-state index in [1.165, 1.54) is 6.92 Å². The second kappa shape index (κ2) is 7.48. The third-order valence-corrected chi connectivity index (χ3v) is 6.17. The highest BCUT2D eigenvalue weighted by atomic mass is 31.3. The van der Waals surface area contributed by atoms with Gasteiger partial charge < -0.3 is 38.5 Å². The molecular formula is C6H10N3O12P3-4. The SMILES string of the molecule is CC1CC(O)C(COP(=O)([O-])OP(=O)([O-])OP(=O)([O-])[O-])(N=[N+]=[N-])O1. The standard InChI is InChI=1S/C6H14N3O12P3/c1-4-2-5(10)6(19-4,8-9-7)3-18-23(14,15)21-24(16,17)20-22(11,12)13/h4-5,10H,2-3H2,1H3,(H,14,15)(H,16,17)(H2,11,12,13)/p-4. The minimum Gasteiger partial charge on any atom is -0.790 e. The predicted molar refractivity (Wildman–Crippen MR) is 64.0 cm³/mol. The highest BCUT2D eigenvalue weighted by Gasteiger charge is 2.47. The van der Waals surface area contributed by atoms with E-state index in [0.29, 0.717) is 0 Å². The average Bonchev–Trinajstić information content (AvgIpc) is 2.58. The van der Waals surface area contributed by atoms with Crippen molar-refractivity contribution in [2.24, 2.45) is 5.11 Å². The molecule has 1 aliphatic heterocycles. The molecule has 140 valence electrons. The Kier molecular flexibility index (Phi) is 6.76. The summed E-state index contributed by atoms with van der Waals surface area (Å²) < 4.78 is 48.0. The summed E-state index contributed by atoms with van der Waals surface area (Å²) in [5.74, 6) is 0. The Morgan fingerprint density at radius 2 is 1.88 bits per heavy atom. The molecule has 1 rings (SSSR count). The van der Waals surface area contributed by atoms with E-state index >= 15 is 0 Å². The Bertz CT molecular complexity index is 658. The summed E-state index contributed by atoms with van der Waals surface area (Å²) in [6.45, 7) is 0.278. The van der Waals surface area contributed by atoms with Gasteiger partial charge in [-0.2, -0.15) is 0 Å². The molecule has 0 aromatic heterocycles. The van der Waals surface area contributed by atoms with Crippen molar-refractivity contribution in [3.63, 3.8) is 0 Å². The van der Waals surface area contributed by atoms with Crippen molar-refractivity contribution in [2.75, 3.05) is 6.61 Å². The monoisotopic (exact) mass is 409 g/mol. The molecule has 1 saturated heterocycles. The van der Waals surface area contributed by atoms with Crippen LogP contribution in [0.25, 0.3) is 10.4 Å². The molecule has 0 radical (unpaired) electrons. The number of phosphoric acid groups is 3. The first-order chi connectivity index (χ1) is 10.7. The normalized spacial score (nSPS) is 32.6. The number of hydrogen-bond donors (Lipinski definition) is 1. The maximum absolute atomic E-state index is 11.4. The lowest BCUT2D eigenvalue weighted by molar-refractivity contribution is -0.339. The quantitative estimate of drug-likeness (QED) is 0.197. The molecule has 0 aromatic carbocycles. The molecule has 24 heavy (non-hydrogen) atoms. The van der Waals surface area contributed by atoms with Gasteiger partial charge in [-0.05, 0) is 12.5 Å². The van der Waals surface area contributed by atoms with Crippen LogP contribution >= 0.6 is 23.5 Å². The highest BCUT2D eigenvalue weighted by molar-refractivity contribution is 7.64. The first kappa shape index (κ1) is 21.7. The first-order valence-electron chi connectivity index (χ1n) is 5.84. The molecule has 1 fully saturated rings. The summed E-state index contributed by atoms with van der Waals surface area (Å²) in [5.41, 5.74) is 6.27. The third-order valence-electron chi connectivity index (χ3n) is 2.52. The second-order valence-corrected chi connectivity index (χ2v) is 8.74. The maximum atomic E-state index is 11.4. The lowest BCUT2D eigenvalue weighted by atomic mass is 10.1. The van der Waals surface area contributed by atoms with Gasteiger partial charge in [-0.1, -0.05) is 5.11 Å². The van der Waals surface area contributed by atoms with Crippen molar-refractivity contribution in [3.05, 3.63) is 10.4 Å². The Labute approximate surface area is 134 Å². The molecule has 1 N–H and O–H groups in total. The van der Waals surface area contributed by atoms with Crippen molar-refractivity contribution in [1.29, 1.82) is 0 Å². The largest absolute Gasteiger partial charge is 0.790 e. The van der Waals surface area contributed by atoms with Gasteiger partial charge in [-0.25, -0.2) is 4.31 Å². The van der Waals surface area contributed by atoms with Crippen LogP contribution in [0.4, 0.5) is 0 Å². The van der Waals surface area contributed by atoms with Crippen LogP contribution in [0.3, 0.4) is 0 Å². The number of ether oxygens (including phenoxy) is 1. The topological polar surface area (TPSA) is 249 Å². The number of aliphatic hydroxyl groups excluding tert-OH is 1. The Morgan fingerprint density at radius 1 is 1.29 bits per heavy atom. The van der Waals surface area contributed by atoms with Gasteiger partial charge in [0.25, 0.3) is 15.6 Å². The summed E-state index contributed by atoms with van der Waals surface area (Å²) in [5, 5.41) is 12.9. The van der Waals surface area contributed by atoms with Crippen molar-refractivity contribution in [3.8, 4) is 0 Å². The molecule has 0 bridgehead atoms. The van der Waals surface area contributed by atoms with Gasteiger partial charge in [-0.3, -0.25) is 13.4 Å². The van der Waals surface area contributed by atoms with E-state index in [0.717, 1.165) is 0 Å². The molecule has 0 aromatic rings. The minimum atomic E-state index is -6.11. The average molecular weight is 409 g/mol. The van der Waals surface area contributed by atoms with Gasteiger partial charge in [0.15, 0.2) is 5.72 Å². The molecule has 15 nitrogen and oxygen atoms in total. The van der Waals surface area contributed by atoms with Gasteiger partial charge in [0.1, 0.15) is 0 Å². The van der Waals surface area contributed by atoms with E-state index in [-0.39, 0.29) is 6.42 Å². The summed E-state index contributed by atoms with van der Waals surface area (Å²) in [6.07, 6.45) is -2.19. The van der Waals surface area contributed by atoms with Crippen LogP contribution in [0.1, 0.15) is 13.3 Å². The van der Waals surface area contributed by atoms with Crippen molar-refractivity contribution >= 4 is 23.5 Å². The number of nitrogens with zero attached hydrogens (tertiary/aromatic N) is 3. The van der Waals surface area contributed by atoms with Crippen LogP contribution in [0, 0.1) is 0 Å². The molecular weight excluding hydrogens is 399 g/mol. The highest BCUT2D eigenvalue weighted by Crippen LogP contribution is 2.60. The van der Waals surface area contributed by atoms with E-state index in [2.05, 4.69) is 23.2 Å². The molecule has 0 aliphatic carbocycles. The minimum absolute atomic E-state index is 0.0505. The van der Waals surface area contributed by atoms with Crippen LogP contribution in [0.15, 0.2) is 5.11 Å². The number of phosphoric ester groups is 1. The molecule has 0 saturated carbocycles. The van der Waals surface area contributed by atoms with Crippen molar-refractivity contribution in [1.82, 2.24) is 0 Å². The molecule has 0 spiro atoms. The zero-order chi connectivity index (χ0) is 18.8. The zero-order valence-corrected chi connectivity index (χ0v) is 14.4. The molecule has 5 unspecified atom stereocenters. The fourth-order valence-corrected chi connectivity index (χ4v) is 4.63. The number of hydrogen-bond acceptors (Lipinski definition) is 13. The summed E-state index contributed by atoms with van der Waals surface area (Å²) >= 11 is 0. The maximum Gasteiger partial charge on any atom is 0.278 e. The first-order valence-corrected chi connectivity index (χ1v) is 10.2. The third kappa shape index (κ3) is 6.51. The smallest absolute Gasteiger partial charge is 0.278 e. The molecule has 0 amide bonds. The van der Waals surface area contributed by atoms with Crippen LogP contribution in [-0.4, -0.2) is 29.6 Å². The van der Waals surface area contributed by atoms with Crippen LogP contribution < -0.4 is 19.6 Å². The fourth-order valence-electron chi connectivity index (χ4n) is 1.75. The molecule has 1 heterocycles. The van der Waals surface area contributed by atoms with Crippen LogP contribution in [0.5, 0.6) is 0 Å². The molecule has 1 aliphatic rings. The Hall–Kier alpha value is -0.360. The molecule has 5 atom stereocenters. The fraction of sp³-hybridized carbons (Fsp3) is 1.00. The van der Waals surface area contributed by atoms with E-state index in [1.54, 1.807) is 0 Å². The van der Waals surface area contributed by atoms with Gasteiger partial charge in [-0.15, -0.1) is 0 Å². The van der Waals surface area contributed by atoms with Gasteiger partial charge in [0.05, 0.1) is 26.6 Å². The number of azide groups is 1. The number of aliphatic hydroxyl groups is 1. The zero-order valence-electron chi connectivity index (χ0n) is 11.7. The lowest BCUT2D eigenvalue weighted by Gasteiger charge is -2.38.